The van der Waals surface area contributed by atoms with Gasteiger partial charge in [0, 0.05) is 65.3 Å². The van der Waals surface area contributed by atoms with Gasteiger partial charge in [-0.1, -0.05) is 62.6 Å². The summed E-state index contributed by atoms with van der Waals surface area (Å²) in [6.07, 6.45) is 10.4. The standard InChI is InChI=1S/C46H70N16O7/c1-6-21-67-23-25-69-26-24-68-22-12-49-44-50-45(52-46(51-44)60-19-15-58(16-20-60)43(66)41(33(5)7-2)62-30-39(54-56-62)37(48)31-63)59-17-13-57(14-18-59)42(65)40(28-34-8-10-35(64)11-9-34)61-29-38(53-55-61)36(47)27-32(3)4/h1,8-11,29-30,32-33,36-37,40-41,63-64H,7,12-28,31,47-48H2,2-5H3,(H,49,50,51,52)/t33-,36-,37-,40-,41-/m0/s1. The molecule has 2 amide bonds. The quantitative estimate of drug-likeness (QED) is 0.0433. The lowest BCUT2D eigenvalue weighted by Crippen LogP contribution is -2.52. The van der Waals surface area contributed by atoms with Gasteiger partial charge in [0.2, 0.25) is 29.7 Å². The first kappa shape index (κ1) is 52.3. The summed E-state index contributed by atoms with van der Waals surface area (Å²) in [5.74, 6) is 3.97. The molecule has 0 radical (unpaired) electrons. The van der Waals surface area contributed by atoms with Crippen LogP contribution in [0.1, 0.15) is 81.7 Å². The predicted molar refractivity (Wildman–Crippen MR) is 257 cm³/mol. The van der Waals surface area contributed by atoms with Gasteiger partial charge in [-0.2, -0.15) is 15.0 Å². The first-order valence-electron chi connectivity index (χ1n) is 23.9. The van der Waals surface area contributed by atoms with Crippen LogP contribution in [0.15, 0.2) is 36.7 Å². The number of aromatic hydroxyl groups is 1. The Kier molecular flexibility index (Phi) is 19.8. The second-order valence-corrected chi connectivity index (χ2v) is 17.8. The average molecular weight is 959 g/mol. The van der Waals surface area contributed by atoms with Crippen LogP contribution in [0.25, 0.3) is 0 Å². The molecule has 2 saturated heterocycles. The molecule has 2 aliphatic heterocycles. The van der Waals surface area contributed by atoms with Crippen molar-refractivity contribution in [2.45, 2.75) is 71.1 Å². The van der Waals surface area contributed by atoms with E-state index in [1.807, 2.05) is 33.4 Å². The number of ether oxygens (including phenoxy) is 3. The van der Waals surface area contributed by atoms with Crippen LogP contribution < -0.4 is 26.6 Å². The highest BCUT2D eigenvalue weighted by Crippen LogP contribution is 2.27. The van der Waals surface area contributed by atoms with Gasteiger partial charge in [0.05, 0.1) is 69.8 Å². The lowest BCUT2D eigenvalue weighted by molar-refractivity contribution is -0.137. The molecular weight excluding hydrogens is 889 g/mol. The number of terminal acetylenes is 1. The van der Waals surface area contributed by atoms with Gasteiger partial charge in [-0.05, 0) is 36.0 Å². The fraction of sp³-hybridized carbons (Fsp3) is 0.630. The Morgan fingerprint density at radius 1 is 0.768 bits per heavy atom. The van der Waals surface area contributed by atoms with Crippen LogP contribution in [-0.2, 0) is 30.2 Å². The van der Waals surface area contributed by atoms with Crippen LogP contribution in [0.2, 0.25) is 0 Å². The van der Waals surface area contributed by atoms with Crippen molar-refractivity contribution in [3.05, 3.63) is 53.6 Å². The van der Waals surface area contributed by atoms with Crippen molar-refractivity contribution in [1.29, 1.82) is 0 Å². The first-order valence-corrected chi connectivity index (χ1v) is 23.9. The molecule has 0 bridgehead atoms. The number of hydrogen-bond acceptors (Lipinski definition) is 19. The van der Waals surface area contributed by atoms with Gasteiger partial charge in [-0.15, -0.1) is 16.6 Å². The topological polar surface area (TPSA) is 279 Å². The van der Waals surface area contributed by atoms with Gasteiger partial charge in [0.15, 0.2) is 0 Å². The number of phenolic OH excluding ortho intramolecular Hbond substituents is 1. The van der Waals surface area contributed by atoms with E-state index in [1.54, 1.807) is 46.0 Å². The fourth-order valence-electron chi connectivity index (χ4n) is 8.09. The van der Waals surface area contributed by atoms with Crippen LogP contribution >= 0.6 is 0 Å². The average Bonchev–Trinajstić information content (AvgIpc) is 4.06. The smallest absolute Gasteiger partial charge is 0.247 e. The monoisotopic (exact) mass is 959 g/mol. The largest absolute Gasteiger partial charge is 0.508 e. The number of phenols is 1. The summed E-state index contributed by atoms with van der Waals surface area (Å²) < 4.78 is 19.7. The van der Waals surface area contributed by atoms with Crippen molar-refractivity contribution in [2.24, 2.45) is 23.3 Å². The predicted octanol–water partition coefficient (Wildman–Crippen LogP) is 0.962. The number of rotatable bonds is 26. The molecule has 5 heterocycles. The fourth-order valence-corrected chi connectivity index (χ4v) is 8.09. The lowest BCUT2D eigenvalue weighted by Gasteiger charge is -2.38. The molecule has 4 aromatic rings. The van der Waals surface area contributed by atoms with Crippen LogP contribution in [-0.4, -0.2) is 182 Å². The summed E-state index contributed by atoms with van der Waals surface area (Å²) >= 11 is 0. The number of carbonyl (C=O) groups excluding carboxylic acids is 2. The molecule has 2 aliphatic rings. The summed E-state index contributed by atoms with van der Waals surface area (Å²) in [5.41, 5.74) is 14.4. The van der Waals surface area contributed by atoms with Gasteiger partial charge >= 0.3 is 0 Å². The van der Waals surface area contributed by atoms with Crippen molar-refractivity contribution in [2.75, 3.05) is 120 Å². The number of carbonyl (C=O) groups is 2. The molecule has 69 heavy (non-hydrogen) atoms. The zero-order chi connectivity index (χ0) is 49.3. The van der Waals surface area contributed by atoms with E-state index in [-0.39, 0.29) is 42.7 Å². The maximum absolute atomic E-state index is 14.5. The third-order valence-corrected chi connectivity index (χ3v) is 12.2. The Morgan fingerprint density at radius 3 is 1.90 bits per heavy atom. The number of nitrogens with two attached hydrogens (primary N) is 2. The van der Waals surface area contributed by atoms with Gasteiger partial charge in [-0.3, -0.25) is 9.59 Å². The molecule has 3 aromatic heterocycles. The molecule has 376 valence electrons. The maximum atomic E-state index is 14.5. The molecule has 6 rings (SSSR count). The third-order valence-electron chi connectivity index (χ3n) is 12.2. The Hall–Kier alpha value is -6.03. The summed E-state index contributed by atoms with van der Waals surface area (Å²) in [6.45, 7) is 14.1. The normalized spacial score (nSPS) is 16.6. The Balaban J connectivity index is 1.14. The van der Waals surface area contributed by atoms with Crippen LogP contribution in [0, 0.1) is 24.2 Å². The van der Waals surface area contributed by atoms with Gasteiger partial charge in [-0.25, -0.2) is 9.36 Å². The van der Waals surface area contributed by atoms with Crippen LogP contribution in [0.5, 0.6) is 5.75 Å². The molecule has 23 heteroatoms. The molecule has 0 spiro atoms. The van der Waals surface area contributed by atoms with E-state index in [9.17, 15) is 19.8 Å². The molecule has 23 nitrogen and oxygen atoms in total. The number of anilines is 3. The number of piperazine rings is 2. The van der Waals surface area contributed by atoms with Crippen molar-refractivity contribution >= 4 is 29.7 Å². The van der Waals surface area contributed by atoms with E-state index in [0.717, 1.165) is 18.4 Å². The Labute approximate surface area is 403 Å². The van der Waals surface area contributed by atoms with Crippen molar-refractivity contribution < 1.29 is 34.0 Å². The molecular formula is C46H70N16O7. The van der Waals surface area contributed by atoms with E-state index >= 15 is 0 Å². The molecule has 7 N–H and O–H groups in total. The molecule has 5 atom stereocenters. The van der Waals surface area contributed by atoms with Crippen LogP contribution in [0.4, 0.5) is 17.8 Å². The lowest BCUT2D eigenvalue weighted by atomic mass is 9.97. The summed E-state index contributed by atoms with van der Waals surface area (Å²) in [6, 6.07) is 4.52. The number of nitrogens with zero attached hydrogens (tertiary/aromatic N) is 13. The first-order chi connectivity index (χ1) is 33.4. The number of aliphatic hydroxyl groups is 1. The van der Waals surface area contributed by atoms with Crippen LogP contribution in [0.3, 0.4) is 0 Å². The number of nitrogens with one attached hydrogen (secondary N) is 1. The van der Waals surface area contributed by atoms with Crippen molar-refractivity contribution in [1.82, 2.24) is 54.7 Å². The SMILES string of the molecule is C#CCOCCOCCOCCNc1nc(N2CCN(C(=O)[C@H]([C@@H](C)CC)n3cc([C@@H](N)CO)nn3)CC2)nc(N2CCN(C(=O)[C@H](Cc3ccc(O)cc3)n3cc([C@@H](N)CC(C)C)nn3)CC2)n1. The minimum absolute atomic E-state index is 0.0414. The summed E-state index contributed by atoms with van der Waals surface area (Å²) in [5, 5.41) is 39.9. The van der Waals surface area contributed by atoms with E-state index in [0.29, 0.717) is 134 Å². The Bertz CT molecular complexity index is 2240. The maximum Gasteiger partial charge on any atom is 0.247 e. The number of benzene rings is 1. The van der Waals surface area contributed by atoms with Gasteiger partial charge in [0.25, 0.3) is 0 Å². The highest BCUT2D eigenvalue weighted by molar-refractivity contribution is 5.81. The molecule has 0 unspecified atom stereocenters. The molecule has 2 fully saturated rings. The summed E-state index contributed by atoms with van der Waals surface area (Å²) in [7, 11) is 0. The second-order valence-electron chi connectivity index (χ2n) is 17.8. The van der Waals surface area contributed by atoms with Crippen molar-refractivity contribution in [3.8, 4) is 18.1 Å². The van der Waals surface area contributed by atoms with Gasteiger partial charge in [0.1, 0.15) is 30.1 Å². The highest BCUT2D eigenvalue weighted by atomic mass is 16.5. The Morgan fingerprint density at radius 2 is 1.32 bits per heavy atom. The highest BCUT2D eigenvalue weighted by Gasteiger charge is 2.35. The number of aromatic nitrogens is 9. The minimum Gasteiger partial charge on any atom is -0.508 e. The van der Waals surface area contributed by atoms with Crippen molar-refractivity contribution in [3.63, 3.8) is 0 Å². The molecule has 0 saturated carbocycles. The number of hydrogen-bond donors (Lipinski definition) is 5. The minimum atomic E-state index is -0.695. The second kappa shape index (κ2) is 26.1. The zero-order valence-corrected chi connectivity index (χ0v) is 40.3. The number of aliphatic hydroxyl groups excluding tert-OH is 1. The molecule has 0 aliphatic carbocycles. The third kappa shape index (κ3) is 14.7. The van der Waals surface area contributed by atoms with E-state index in [1.165, 1.54) is 0 Å². The van der Waals surface area contributed by atoms with E-state index in [2.05, 4.69) is 45.7 Å². The van der Waals surface area contributed by atoms with Gasteiger partial charge < -0.3 is 60.8 Å². The zero-order valence-electron chi connectivity index (χ0n) is 40.3. The van der Waals surface area contributed by atoms with E-state index < -0.39 is 18.1 Å². The molecule has 1 aromatic carbocycles. The number of amides is 2. The van der Waals surface area contributed by atoms with E-state index in [4.69, 9.17) is 47.1 Å². The summed E-state index contributed by atoms with van der Waals surface area (Å²) in [4.78, 5) is 51.0.